The average molecular weight is 330 g/mol. The van der Waals surface area contributed by atoms with Crippen LogP contribution in [0.15, 0.2) is 30.9 Å². The first-order valence-electron chi connectivity index (χ1n) is 7.97. The number of likely N-dealkylation sites (N-methyl/N-ethyl adjacent to an activating group) is 1. The van der Waals surface area contributed by atoms with E-state index in [1.807, 2.05) is 34.6 Å². The van der Waals surface area contributed by atoms with Crippen molar-refractivity contribution in [2.75, 3.05) is 27.2 Å². The molecule has 0 aliphatic carbocycles. The number of aromatic nitrogens is 4. The lowest BCUT2D eigenvalue weighted by Gasteiger charge is -2.30. The van der Waals surface area contributed by atoms with Crippen LogP contribution in [0.3, 0.4) is 0 Å². The highest BCUT2D eigenvalue weighted by molar-refractivity contribution is 5.78. The zero-order valence-electron chi connectivity index (χ0n) is 14.0. The zero-order chi connectivity index (χ0) is 16.9. The molecular weight excluding hydrogens is 308 g/mol. The van der Waals surface area contributed by atoms with Crippen molar-refractivity contribution < 1.29 is 9.53 Å². The van der Waals surface area contributed by atoms with E-state index < -0.39 is 0 Å². The van der Waals surface area contributed by atoms with Crippen LogP contribution in [0.25, 0.3) is 0 Å². The second-order valence-electron chi connectivity index (χ2n) is 6.10. The summed E-state index contributed by atoms with van der Waals surface area (Å²) in [5, 5.41) is 4.33. The molecule has 0 spiro atoms. The Morgan fingerprint density at radius 3 is 3.00 bits per heavy atom. The molecular formula is C16H22N6O2. The van der Waals surface area contributed by atoms with Gasteiger partial charge in [0.15, 0.2) is 0 Å². The molecule has 128 valence electrons. The zero-order valence-corrected chi connectivity index (χ0v) is 14.0. The summed E-state index contributed by atoms with van der Waals surface area (Å²) in [6.45, 7) is 2.07. The second-order valence-corrected chi connectivity index (χ2v) is 6.10. The Bertz CT molecular complexity index is 672. The molecule has 0 saturated carbocycles. The lowest BCUT2D eigenvalue weighted by atomic mass is 10.2. The Morgan fingerprint density at radius 2 is 2.25 bits per heavy atom. The molecule has 0 saturated heterocycles. The van der Waals surface area contributed by atoms with Gasteiger partial charge in [0.1, 0.15) is 6.61 Å². The van der Waals surface area contributed by atoms with E-state index in [-0.39, 0.29) is 11.9 Å². The van der Waals surface area contributed by atoms with Crippen LogP contribution in [0.1, 0.15) is 12.1 Å². The normalized spacial score (nSPS) is 17.5. The molecule has 0 aromatic carbocycles. The van der Waals surface area contributed by atoms with Crippen molar-refractivity contribution >= 4 is 5.91 Å². The summed E-state index contributed by atoms with van der Waals surface area (Å²) in [5.74, 6) is 0.557. The van der Waals surface area contributed by atoms with E-state index in [0.717, 1.165) is 18.7 Å². The van der Waals surface area contributed by atoms with E-state index in [0.29, 0.717) is 25.6 Å². The van der Waals surface area contributed by atoms with Crippen molar-refractivity contribution in [2.45, 2.75) is 25.6 Å². The summed E-state index contributed by atoms with van der Waals surface area (Å²) in [6.07, 6.45) is 7.33. The van der Waals surface area contributed by atoms with E-state index in [1.54, 1.807) is 24.8 Å². The van der Waals surface area contributed by atoms with Gasteiger partial charge in [-0.25, -0.2) is 4.98 Å². The first-order chi connectivity index (χ1) is 11.6. The number of aryl methyl sites for hydroxylation is 1. The molecule has 0 unspecified atom stereocenters. The lowest BCUT2D eigenvalue weighted by molar-refractivity contribution is -0.135. The van der Waals surface area contributed by atoms with Crippen LogP contribution in [-0.2, 0) is 17.9 Å². The molecule has 1 aliphatic rings. The van der Waals surface area contributed by atoms with Gasteiger partial charge in [0.25, 0.3) is 0 Å². The first kappa shape index (κ1) is 16.4. The average Bonchev–Trinajstić information content (AvgIpc) is 2.93. The van der Waals surface area contributed by atoms with Gasteiger partial charge >= 0.3 is 0 Å². The van der Waals surface area contributed by atoms with Crippen molar-refractivity contribution in [1.29, 1.82) is 0 Å². The largest absolute Gasteiger partial charge is 0.474 e. The number of carbonyl (C=O) groups excluding carboxylic acids is 1. The van der Waals surface area contributed by atoms with Crippen LogP contribution in [0.2, 0.25) is 0 Å². The third-order valence-corrected chi connectivity index (χ3v) is 3.99. The van der Waals surface area contributed by atoms with Gasteiger partial charge in [-0.3, -0.25) is 14.5 Å². The van der Waals surface area contributed by atoms with Gasteiger partial charge in [-0.05, 0) is 26.6 Å². The minimum Gasteiger partial charge on any atom is -0.474 e. The minimum atomic E-state index is -0.0267. The minimum absolute atomic E-state index is 0.0267. The van der Waals surface area contributed by atoms with E-state index in [4.69, 9.17) is 4.74 Å². The number of fused-ring (bicyclic) bond motifs is 1. The number of rotatable bonds is 5. The Balaban J connectivity index is 1.74. The van der Waals surface area contributed by atoms with Gasteiger partial charge in [0.05, 0.1) is 31.0 Å². The van der Waals surface area contributed by atoms with E-state index in [2.05, 4.69) is 15.1 Å². The van der Waals surface area contributed by atoms with Crippen molar-refractivity contribution in [3.63, 3.8) is 0 Å². The van der Waals surface area contributed by atoms with Crippen LogP contribution in [0, 0.1) is 0 Å². The fourth-order valence-electron chi connectivity index (χ4n) is 2.79. The fourth-order valence-corrected chi connectivity index (χ4v) is 2.79. The molecule has 2 aromatic rings. The number of hydrogen-bond acceptors (Lipinski definition) is 6. The van der Waals surface area contributed by atoms with Gasteiger partial charge in [-0.1, -0.05) is 0 Å². The maximum absolute atomic E-state index is 12.7. The predicted octanol–water partition coefficient (Wildman–Crippen LogP) is 0.415. The third kappa shape index (κ3) is 3.88. The fraction of sp³-hybridized carbons (Fsp3) is 0.500. The number of hydrogen-bond donors (Lipinski definition) is 0. The molecule has 3 rings (SSSR count). The first-order valence-corrected chi connectivity index (χ1v) is 7.97. The van der Waals surface area contributed by atoms with Crippen LogP contribution in [0.5, 0.6) is 5.88 Å². The molecule has 1 aliphatic heterocycles. The molecule has 3 heterocycles. The highest BCUT2D eigenvalue weighted by atomic mass is 16.5. The molecule has 0 fully saturated rings. The molecule has 8 heteroatoms. The summed E-state index contributed by atoms with van der Waals surface area (Å²) >= 11 is 0. The van der Waals surface area contributed by atoms with Crippen molar-refractivity contribution in [3.05, 3.63) is 36.5 Å². The summed E-state index contributed by atoms with van der Waals surface area (Å²) < 4.78 is 7.71. The molecule has 24 heavy (non-hydrogen) atoms. The lowest BCUT2D eigenvalue weighted by Crippen LogP contribution is -2.46. The Labute approximate surface area is 141 Å². The maximum Gasteiger partial charge on any atom is 0.237 e. The van der Waals surface area contributed by atoms with E-state index in [1.165, 1.54) is 0 Å². The van der Waals surface area contributed by atoms with Crippen LogP contribution in [-0.4, -0.2) is 68.7 Å². The van der Waals surface area contributed by atoms with Crippen LogP contribution < -0.4 is 4.74 Å². The van der Waals surface area contributed by atoms with E-state index >= 15 is 0 Å². The van der Waals surface area contributed by atoms with Gasteiger partial charge < -0.3 is 14.5 Å². The third-order valence-electron chi connectivity index (χ3n) is 3.99. The van der Waals surface area contributed by atoms with Crippen molar-refractivity contribution in [3.8, 4) is 5.88 Å². The van der Waals surface area contributed by atoms with Crippen LogP contribution in [0.4, 0.5) is 0 Å². The Morgan fingerprint density at radius 1 is 1.38 bits per heavy atom. The molecule has 0 radical (unpaired) electrons. The highest BCUT2D eigenvalue weighted by Gasteiger charge is 2.28. The summed E-state index contributed by atoms with van der Waals surface area (Å²) in [5.41, 5.74) is 1.05. The van der Waals surface area contributed by atoms with Gasteiger partial charge in [-0.15, -0.1) is 0 Å². The topological polar surface area (TPSA) is 76.4 Å². The Hall–Kier alpha value is -2.48. The number of carbonyl (C=O) groups is 1. The molecule has 0 N–H and O–H groups in total. The number of ether oxygens (including phenoxy) is 1. The van der Waals surface area contributed by atoms with E-state index in [9.17, 15) is 4.79 Å². The summed E-state index contributed by atoms with van der Waals surface area (Å²) in [4.78, 5) is 24.6. The smallest absolute Gasteiger partial charge is 0.237 e. The highest BCUT2D eigenvalue weighted by Crippen LogP contribution is 2.18. The molecule has 2 aromatic heterocycles. The summed E-state index contributed by atoms with van der Waals surface area (Å²) in [7, 11) is 3.79. The molecule has 1 amide bonds. The SMILES string of the molecule is CN(C)CC(=O)N1Cc2ccnn2CC[C@@H]1COc1cnccn1. The second kappa shape index (κ2) is 7.39. The molecule has 0 bridgehead atoms. The van der Waals surface area contributed by atoms with Gasteiger partial charge in [0, 0.05) is 25.1 Å². The molecule has 1 atom stereocenters. The number of nitrogens with zero attached hydrogens (tertiary/aromatic N) is 6. The van der Waals surface area contributed by atoms with Crippen LogP contribution >= 0.6 is 0 Å². The standard InChI is InChI=1S/C16H22N6O2/c1-20(2)11-16(23)21-10-13-3-5-19-22(13)8-4-14(21)12-24-15-9-17-6-7-18-15/h3,5-7,9,14H,4,8,10-12H2,1-2H3/t14-/m1/s1. The maximum atomic E-state index is 12.7. The quantitative estimate of drug-likeness (QED) is 0.790. The Kier molecular flexibility index (Phi) is 5.05. The molecule has 8 nitrogen and oxygen atoms in total. The predicted molar refractivity (Wildman–Crippen MR) is 87.3 cm³/mol. The monoisotopic (exact) mass is 330 g/mol. The van der Waals surface area contributed by atoms with Gasteiger partial charge in [0.2, 0.25) is 11.8 Å². The van der Waals surface area contributed by atoms with Crippen molar-refractivity contribution in [1.82, 2.24) is 29.5 Å². The summed E-state index contributed by atoms with van der Waals surface area (Å²) in [6, 6.07) is 1.93. The van der Waals surface area contributed by atoms with Crippen molar-refractivity contribution in [2.24, 2.45) is 0 Å². The van der Waals surface area contributed by atoms with Gasteiger partial charge in [-0.2, -0.15) is 5.10 Å². The number of amides is 1.